The van der Waals surface area contributed by atoms with Crippen LogP contribution in [0.25, 0.3) is 21.3 Å². The molecule has 1 aromatic carbocycles. The van der Waals surface area contributed by atoms with Crippen LogP contribution in [0.4, 0.5) is 5.82 Å². The SMILES string of the molecule is COCc1nc(NCCN(C)C)c2c(-c3ccccc3)csc2n1. The molecule has 0 unspecified atom stereocenters. The van der Waals surface area contributed by atoms with Crippen LogP contribution < -0.4 is 5.32 Å². The third-order valence-electron chi connectivity index (χ3n) is 3.69. The van der Waals surface area contributed by atoms with E-state index in [2.05, 4.69) is 63.9 Å². The Morgan fingerprint density at radius 2 is 1.96 bits per heavy atom. The van der Waals surface area contributed by atoms with Crippen LogP contribution >= 0.6 is 11.3 Å². The van der Waals surface area contributed by atoms with E-state index >= 15 is 0 Å². The molecule has 0 atom stereocenters. The number of thiophene rings is 1. The molecular weight excluding hydrogens is 320 g/mol. The largest absolute Gasteiger partial charge is 0.377 e. The first kappa shape index (κ1) is 16.8. The molecule has 2 aromatic heterocycles. The Morgan fingerprint density at radius 1 is 1.17 bits per heavy atom. The van der Waals surface area contributed by atoms with Gasteiger partial charge in [0.1, 0.15) is 17.3 Å². The zero-order valence-corrected chi connectivity index (χ0v) is 15.1. The lowest BCUT2D eigenvalue weighted by Crippen LogP contribution is -2.21. The summed E-state index contributed by atoms with van der Waals surface area (Å²) >= 11 is 1.65. The molecule has 0 bridgehead atoms. The van der Waals surface area contributed by atoms with E-state index in [0.717, 1.165) is 29.1 Å². The number of fused-ring (bicyclic) bond motifs is 1. The van der Waals surface area contributed by atoms with Crippen molar-refractivity contribution in [2.45, 2.75) is 6.61 Å². The highest BCUT2D eigenvalue weighted by Crippen LogP contribution is 2.36. The van der Waals surface area contributed by atoms with E-state index in [4.69, 9.17) is 4.74 Å². The molecule has 0 radical (unpaired) electrons. The van der Waals surface area contributed by atoms with Crippen molar-refractivity contribution < 1.29 is 4.74 Å². The Hall–Kier alpha value is -2.02. The fourth-order valence-electron chi connectivity index (χ4n) is 2.54. The molecule has 0 spiro atoms. The van der Waals surface area contributed by atoms with Crippen molar-refractivity contribution in [2.24, 2.45) is 0 Å². The van der Waals surface area contributed by atoms with Gasteiger partial charge in [-0.1, -0.05) is 30.3 Å². The first-order valence-corrected chi connectivity index (χ1v) is 8.78. The van der Waals surface area contributed by atoms with Crippen molar-refractivity contribution >= 4 is 27.4 Å². The van der Waals surface area contributed by atoms with Gasteiger partial charge >= 0.3 is 0 Å². The first-order valence-electron chi connectivity index (χ1n) is 7.90. The second kappa shape index (κ2) is 7.70. The molecule has 5 nitrogen and oxygen atoms in total. The molecular formula is C18H22N4OS. The van der Waals surface area contributed by atoms with Gasteiger partial charge in [-0.3, -0.25) is 0 Å². The number of methoxy groups -OCH3 is 1. The highest BCUT2D eigenvalue weighted by Gasteiger charge is 2.15. The van der Waals surface area contributed by atoms with Gasteiger partial charge in [0.15, 0.2) is 5.82 Å². The quantitative estimate of drug-likeness (QED) is 0.712. The Bertz CT molecular complexity index is 801. The molecule has 6 heteroatoms. The van der Waals surface area contributed by atoms with Gasteiger partial charge in [-0.2, -0.15) is 0 Å². The second-order valence-corrected chi connectivity index (χ2v) is 6.71. The Balaban J connectivity index is 2.04. The van der Waals surface area contributed by atoms with Gasteiger partial charge in [-0.25, -0.2) is 9.97 Å². The summed E-state index contributed by atoms with van der Waals surface area (Å²) in [6.45, 7) is 2.18. The standard InChI is InChI=1S/C18H22N4OS/c1-22(2)10-9-19-17-16-14(13-7-5-4-6-8-13)12-24-18(16)21-15(20-17)11-23-3/h4-8,12H,9-11H2,1-3H3,(H,19,20,21). The van der Waals surface area contributed by atoms with E-state index in [1.165, 1.54) is 11.1 Å². The average molecular weight is 342 g/mol. The van der Waals surface area contributed by atoms with Crippen molar-refractivity contribution in [3.05, 3.63) is 41.5 Å². The van der Waals surface area contributed by atoms with Crippen LogP contribution in [0.5, 0.6) is 0 Å². The number of nitrogens with zero attached hydrogens (tertiary/aromatic N) is 3. The highest BCUT2D eigenvalue weighted by atomic mass is 32.1. The molecule has 0 aliphatic heterocycles. The van der Waals surface area contributed by atoms with E-state index in [1.54, 1.807) is 18.4 Å². The summed E-state index contributed by atoms with van der Waals surface area (Å²) in [6, 6.07) is 10.4. The average Bonchev–Trinajstić information content (AvgIpc) is 3.00. The molecule has 0 aliphatic rings. The Kier molecular flexibility index (Phi) is 5.40. The fraction of sp³-hybridized carbons (Fsp3) is 0.333. The lowest BCUT2D eigenvalue weighted by molar-refractivity contribution is 0.178. The smallest absolute Gasteiger partial charge is 0.158 e. The van der Waals surface area contributed by atoms with Crippen molar-refractivity contribution in [2.75, 3.05) is 39.6 Å². The number of hydrogen-bond acceptors (Lipinski definition) is 6. The number of anilines is 1. The molecule has 126 valence electrons. The maximum Gasteiger partial charge on any atom is 0.158 e. The van der Waals surface area contributed by atoms with Gasteiger partial charge in [0, 0.05) is 31.1 Å². The maximum atomic E-state index is 5.21. The number of nitrogens with one attached hydrogen (secondary N) is 1. The molecule has 0 saturated heterocycles. The maximum absolute atomic E-state index is 5.21. The number of likely N-dealkylation sites (N-methyl/N-ethyl adjacent to an activating group) is 1. The van der Waals surface area contributed by atoms with Gasteiger partial charge in [0.25, 0.3) is 0 Å². The van der Waals surface area contributed by atoms with Crippen molar-refractivity contribution in [3.8, 4) is 11.1 Å². The van der Waals surface area contributed by atoms with Crippen LogP contribution in [-0.4, -0.2) is 49.2 Å². The van der Waals surface area contributed by atoms with Gasteiger partial charge in [0.05, 0.1) is 5.39 Å². The van der Waals surface area contributed by atoms with E-state index in [0.29, 0.717) is 12.4 Å². The van der Waals surface area contributed by atoms with Gasteiger partial charge in [-0.05, 0) is 19.7 Å². The van der Waals surface area contributed by atoms with Crippen LogP contribution in [0.15, 0.2) is 35.7 Å². The lowest BCUT2D eigenvalue weighted by atomic mass is 10.1. The summed E-state index contributed by atoms with van der Waals surface area (Å²) in [5.41, 5.74) is 2.36. The molecule has 3 rings (SSSR count). The molecule has 0 saturated carbocycles. The van der Waals surface area contributed by atoms with Crippen molar-refractivity contribution in [1.82, 2.24) is 14.9 Å². The predicted octanol–water partition coefficient (Wildman–Crippen LogP) is 3.48. The summed E-state index contributed by atoms with van der Waals surface area (Å²) in [7, 11) is 5.79. The molecule has 0 aliphatic carbocycles. The Morgan fingerprint density at radius 3 is 2.67 bits per heavy atom. The first-order chi connectivity index (χ1) is 11.7. The number of hydrogen-bond donors (Lipinski definition) is 1. The topological polar surface area (TPSA) is 50.3 Å². The van der Waals surface area contributed by atoms with Crippen LogP contribution in [0.1, 0.15) is 5.82 Å². The van der Waals surface area contributed by atoms with Crippen molar-refractivity contribution in [3.63, 3.8) is 0 Å². The summed E-state index contributed by atoms with van der Waals surface area (Å²) in [4.78, 5) is 12.5. The molecule has 24 heavy (non-hydrogen) atoms. The molecule has 1 N–H and O–H groups in total. The summed E-state index contributed by atoms with van der Waals surface area (Å²) in [5.74, 6) is 1.59. The number of ether oxygens (including phenoxy) is 1. The lowest BCUT2D eigenvalue weighted by Gasteiger charge is -2.13. The zero-order valence-electron chi connectivity index (χ0n) is 14.2. The van der Waals surface area contributed by atoms with Gasteiger partial charge in [0.2, 0.25) is 0 Å². The predicted molar refractivity (Wildman–Crippen MR) is 101 cm³/mol. The van der Waals surface area contributed by atoms with E-state index in [9.17, 15) is 0 Å². The van der Waals surface area contributed by atoms with Crippen molar-refractivity contribution in [1.29, 1.82) is 0 Å². The number of rotatable bonds is 7. The number of aromatic nitrogens is 2. The molecule has 0 fully saturated rings. The second-order valence-electron chi connectivity index (χ2n) is 5.85. The normalized spacial score (nSPS) is 11.3. The van der Waals surface area contributed by atoms with E-state index < -0.39 is 0 Å². The third-order valence-corrected chi connectivity index (χ3v) is 4.56. The van der Waals surface area contributed by atoms with E-state index in [1.807, 2.05) is 6.07 Å². The van der Waals surface area contributed by atoms with E-state index in [-0.39, 0.29) is 0 Å². The summed E-state index contributed by atoms with van der Waals surface area (Å²) < 4.78 is 5.21. The summed E-state index contributed by atoms with van der Waals surface area (Å²) in [5, 5.41) is 6.72. The monoisotopic (exact) mass is 342 g/mol. The Labute approximate surface area is 146 Å². The van der Waals surface area contributed by atoms with Crippen LogP contribution in [0, 0.1) is 0 Å². The van der Waals surface area contributed by atoms with Gasteiger partial charge in [-0.15, -0.1) is 11.3 Å². The minimum Gasteiger partial charge on any atom is -0.377 e. The van der Waals surface area contributed by atoms with Crippen LogP contribution in [0.3, 0.4) is 0 Å². The molecule has 2 heterocycles. The zero-order chi connectivity index (χ0) is 16.9. The van der Waals surface area contributed by atoms with Crippen LogP contribution in [0.2, 0.25) is 0 Å². The van der Waals surface area contributed by atoms with Crippen LogP contribution in [-0.2, 0) is 11.3 Å². The molecule has 3 aromatic rings. The third kappa shape index (κ3) is 3.72. The highest BCUT2D eigenvalue weighted by molar-refractivity contribution is 7.17. The minimum absolute atomic E-state index is 0.414. The summed E-state index contributed by atoms with van der Waals surface area (Å²) in [6.07, 6.45) is 0. The molecule has 0 amide bonds. The van der Waals surface area contributed by atoms with Gasteiger partial charge < -0.3 is 15.0 Å². The fourth-order valence-corrected chi connectivity index (χ4v) is 3.50. The number of benzene rings is 1. The minimum atomic E-state index is 0.414.